The summed E-state index contributed by atoms with van der Waals surface area (Å²) in [6.07, 6.45) is 0. The van der Waals surface area contributed by atoms with Crippen LogP contribution in [0.1, 0.15) is 0 Å². The predicted octanol–water partition coefficient (Wildman–Crippen LogP) is 2.53. The third kappa shape index (κ3) is 1.53. The summed E-state index contributed by atoms with van der Waals surface area (Å²) in [5.74, 6) is -0.294. The van der Waals surface area contributed by atoms with E-state index in [0.29, 0.717) is 11.3 Å². The molecule has 2 aromatic rings. The lowest BCUT2D eigenvalue weighted by Crippen LogP contribution is -1.90. The molecule has 0 atom stereocenters. The smallest absolute Gasteiger partial charge is 0.124 e. The van der Waals surface area contributed by atoms with Crippen molar-refractivity contribution in [2.45, 2.75) is 0 Å². The lowest BCUT2D eigenvalue weighted by Gasteiger charge is -2.01. The standard InChI is InChI=1S/C9H7FN2S/c10-6-1-2-8(11)7(3-6)9-4-13-5-12-9/h1-5H,11H2. The highest BCUT2D eigenvalue weighted by molar-refractivity contribution is 7.07. The Labute approximate surface area is 78.9 Å². The van der Waals surface area contributed by atoms with Crippen molar-refractivity contribution in [2.24, 2.45) is 0 Å². The second-order valence-corrected chi connectivity index (χ2v) is 3.32. The molecule has 0 aliphatic heterocycles. The second-order valence-electron chi connectivity index (χ2n) is 2.61. The number of hydrogen-bond donors (Lipinski definition) is 1. The molecule has 0 saturated carbocycles. The number of hydrogen-bond acceptors (Lipinski definition) is 3. The van der Waals surface area contributed by atoms with E-state index in [-0.39, 0.29) is 5.82 Å². The molecule has 4 heteroatoms. The maximum atomic E-state index is 12.9. The maximum absolute atomic E-state index is 12.9. The molecule has 0 unspecified atom stereocenters. The van der Waals surface area contributed by atoms with Crippen molar-refractivity contribution in [3.63, 3.8) is 0 Å². The van der Waals surface area contributed by atoms with Crippen LogP contribution >= 0.6 is 11.3 Å². The summed E-state index contributed by atoms with van der Waals surface area (Å²) >= 11 is 1.46. The summed E-state index contributed by atoms with van der Waals surface area (Å²) in [5.41, 5.74) is 9.30. The van der Waals surface area contributed by atoms with Gasteiger partial charge in [0.05, 0.1) is 11.2 Å². The number of halogens is 1. The summed E-state index contributed by atoms with van der Waals surface area (Å²) in [6.45, 7) is 0. The topological polar surface area (TPSA) is 38.9 Å². The van der Waals surface area contributed by atoms with E-state index in [1.807, 2.05) is 5.38 Å². The highest BCUT2D eigenvalue weighted by Crippen LogP contribution is 2.25. The highest BCUT2D eigenvalue weighted by Gasteiger charge is 2.05. The van der Waals surface area contributed by atoms with Crippen molar-refractivity contribution >= 4 is 17.0 Å². The zero-order valence-electron chi connectivity index (χ0n) is 6.70. The SMILES string of the molecule is Nc1ccc(F)cc1-c1cscn1. The van der Waals surface area contributed by atoms with Gasteiger partial charge in [-0.3, -0.25) is 0 Å². The molecular formula is C9H7FN2S. The Morgan fingerprint density at radius 2 is 2.23 bits per heavy atom. The van der Waals surface area contributed by atoms with Gasteiger partial charge in [-0.1, -0.05) is 0 Å². The Balaban J connectivity index is 2.57. The maximum Gasteiger partial charge on any atom is 0.124 e. The molecular weight excluding hydrogens is 187 g/mol. The number of anilines is 1. The van der Waals surface area contributed by atoms with Crippen LogP contribution < -0.4 is 5.73 Å². The first-order chi connectivity index (χ1) is 6.27. The van der Waals surface area contributed by atoms with Crippen LogP contribution in [0.3, 0.4) is 0 Å². The third-order valence-electron chi connectivity index (χ3n) is 1.72. The molecule has 1 aromatic carbocycles. The first-order valence-electron chi connectivity index (χ1n) is 3.71. The number of aromatic nitrogens is 1. The molecule has 66 valence electrons. The molecule has 0 fully saturated rings. The largest absolute Gasteiger partial charge is 0.398 e. The van der Waals surface area contributed by atoms with Crippen LogP contribution in [0.15, 0.2) is 29.1 Å². The number of nitrogens with two attached hydrogens (primary N) is 1. The molecule has 0 spiro atoms. The van der Waals surface area contributed by atoms with Gasteiger partial charge in [0, 0.05) is 16.6 Å². The molecule has 2 N–H and O–H groups in total. The Bertz CT molecular complexity index is 412. The molecule has 13 heavy (non-hydrogen) atoms. The molecule has 2 rings (SSSR count). The fourth-order valence-corrected chi connectivity index (χ4v) is 1.65. The summed E-state index contributed by atoms with van der Waals surface area (Å²) in [5, 5.41) is 1.84. The molecule has 0 amide bonds. The molecule has 0 saturated heterocycles. The minimum absolute atomic E-state index is 0.294. The van der Waals surface area contributed by atoms with Gasteiger partial charge in [-0.05, 0) is 18.2 Å². The lowest BCUT2D eigenvalue weighted by atomic mass is 10.1. The van der Waals surface area contributed by atoms with E-state index in [9.17, 15) is 4.39 Å². The molecule has 0 bridgehead atoms. The number of benzene rings is 1. The Morgan fingerprint density at radius 1 is 1.38 bits per heavy atom. The van der Waals surface area contributed by atoms with Gasteiger partial charge in [0.1, 0.15) is 5.82 Å². The first-order valence-corrected chi connectivity index (χ1v) is 4.65. The zero-order valence-corrected chi connectivity index (χ0v) is 7.51. The van der Waals surface area contributed by atoms with Crippen LogP contribution in [0.4, 0.5) is 10.1 Å². The fraction of sp³-hybridized carbons (Fsp3) is 0. The Hall–Kier alpha value is -1.42. The van der Waals surface area contributed by atoms with Crippen molar-refractivity contribution < 1.29 is 4.39 Å². The predicted molar refractivity (Wildman–Crippen MR) is 51.9 cm³/mol. The van der Waals surface area contributed by atoms with Gasteiger partial charge < -0.3 is 5.73 Å². The first kappa shape index (κ1) is 8.19. The monoisotopic (exact) mass is 194 g/mol. The minimum atomic E-state index is -0.294. The Morgan fingerprint density at radius 3 is 2.92 bits per heavy atom. The highest BCUT2D eigenvalue weighted by atomic mass is 32.1. The van der Waals surface area contributed by atoms with Gasteiger partial charge >= 0.3 is 0 Å². The van der Waals surface area contributed by atoms with Gasteiger partial charge in [0.15, 0.2) is 0 Å². The number of nitrogen functional groups attached to an aromatic ring is 1. The zero-order chi connectivity index (χ0) is 9.26. The molecule has 0 radical (unpaired) electrons. The van der Waals surface area contributed by atoms with Crippen LogP contribution in [-0.4, -0.2) is 4.98 Å². The lowest BCUT2D eigenvalue weighted by molar-refractivity contribution is 0.628. The Kier molecular flexibility index (Phi) is 1.98. The van der Waals surface area contributed by atoms with Gasteiger partial charge in [-0.15, -0.1) is 11.3 Å². The summed E-state index contributed by atoms with van der Waals surface area (Å²) < 4.78 is 12.9. The number of thiazole rings is 1. The molecule has 1 heterocycles. The van der Waals surface area contributed by atoms with Crippen LogP contribution in [-0.2, 0) is 0 Å². The second kappa shape index (κ2) is 3.14. The quantitative estimate of drug-likeness (QED) is 0.708. The molecule has 2 nitrogen and oxygen atoms in total. The molecule has 0 aliphatic rings. The van der Waals surface area contributed by atoms with Gasteiger partial charge in [-0.2, -0.15) is 0 Å². The van der Waals surface area contributed by atoms with E-state index in [1.54, 1.807) is 11.6 Å². The van der Waals surface area contributed by atoms with Crippen LogP contribution in [0.25, 0.3) is 11.3 Å². The van der Waals surface area contributed by atoms with E-state index >= 15 is 0 Å². The van der Waals surface area contributed by atoms with E-state index in [4.69, 9.17) is 5.73 Å². The van der Waals surface area contributed by atoms with Crippen LogP contribution in [0.5, 0.6) is 0 Å². The number of nitrogens with zero attached hydrogens (tertiary/aromatic N) is 1. The van der Waals surface area contributed by atoms with Crippen molar-refractivity contribution in [3.8, 4) is 11.3 Å². The number of rotatable bonds is 1. The average Bonchev–Trinajstić information content (AvgIpc) is 2.61. The van der Waals surface area contributed by atoms with Crippen molar-refractivity contribution in [3.05, 3.63) is 34.9 Å². The van der Waals surface area contributed by atoms with Crippen LogP contribution in [0, 0.1) is 5.82 Å². The van der Waals surface area contributed by atoms with Gasteiger partial charge in [0.25, 0.3) is 0 Å². The minimum Gasteiger partial charge on any atom is -0.398 e. The molecule has 1 aromatic heterocycles. The fourth-order valence-electron chi connectivity index (χ4n) is 1.10. The normalized spacial score (nSPS) is 10.2. The third-order valence-corrected chi connectivity index (χ3v) is 2.31. The molecule has 0 aliphatic carbocycles. The van der Waals surface area contributed by atoms with Crippen molar-refractivity contribution in [2.75, 3.05) is 5.73 Å². The van der Waals surface area contributed by atoms with Crippen molar-refractivity contribution in [1.29, 1.82) is 0 Å². The van der Waals surface area contributed by atoms with Gasteiger partial charge in [-0.25, -0.2) is 9.37 Å². The van der Waals surface area contributed by atoms with E-state index in [1.165, 1.54) is 23.5 Å². The summed E-state index contributed by atoms with van der Waals surface area (Å²) in [6, 6.07) is 4.28. The van der Waals surface area contributed by atoms with Crippen LogP contribution in [0.2, 0.25) is 0 Å². The van der Waals surface area contributed by atoms with Crippen molar-refractivity contribution in [1.82, 2.24) is 4.98 Å². The van der Waals surface area contributed by atoms with Gasteiger partial charge in [0.2, 0.25) is 0 Å². The summed E-state index contributed by atoms with van der Waals surface area (Å²) in [4.78, 5) is 4.06. The summed E-state index contributed by atoms with van der Waals surface area (Å²) in [7, 11) is 0. The van der Waals surface area contributed by atoms with E-state index in [0.717, 1.165) is 5.69 Å². The van der Waals surface area contributed by atoms with E-state index in [2.05, 4.69) is 4.98 Å². The van der Waals surface area contributed by atoms with E-state index < -0.39 is 0 Å². The average molecular weight is 194 g/mol.